The lowest BCUT2D eigenvalue weighted by Crippen LogP contribution is -2.32. The van der Waals surface area contributed by atoms with Gasteiger partial charge in [0, 0.05) is 5.02 Å². The van der Waals surface area contributed by atoms with Crippen molar-refractivity contribution in [3.8, 4) is 5.75 Å². The van der Waals surface area contributed by atoms with E-state index in [2.05, 4.69) is 0 Å². The first kappa shape index (κ1) is 11.3. The second-order valence-electron chi connectivity index (χ2n) is 4.26. The minimum absolute atomic E-state index is 0.0623. The Morgan fingerprint density at radius 2 is 1.94 bits per heavy atom. The molecule has 0 spiro atoms. The van der Waals surface area contributed by atoms with E-state index in [4.69, 9.17) is 11.6 Å². The number of aromatic hydroxyl groups is 1. The van der Waals surface area contributed by atoms with Crippen LogP contribution in [0.15, 0.2) is 18.2 Å². The first-order valence-electron chi connectivity index (χ1n) is 5.29. The third kappa shape index (κ3) is 1.65. The van der Waals surface area contributed by atoms with Crippen LogP contribution < -0.4 is 0 Å². The normalized spacial score (nSPS) is 18.6. The highest BCUT2D eigenvalue weighted by atomic mass is 35.5. The van der Waals surface area contributed by atoms with Crippen molar-refractivity contribution < 1.29 is 15.0 Å². The van der Waals surface area contributed by atoms with Gasteiger partial charge in [-0.15, -0.1) is 0 Å². The predicted octanol–water partition coefficient (Wildman–Crippen LogP) is 2.94. The fourth-order valence-electron chi connectivity index (χ4n) is 2.47. The van der Waals surface area contributed by atoms with E-state index in [-0.39, 0.29) is 5.75 Å². The molecule has 16 heavy (non-hydrogen) atoms. The van der Waals surface area contributed by atoms with Crippen LogP contribution in [0.25, 0.3) is 0 Å². The molecule has 1 fully saturated rings. The first-order valence-corrected chi connectivity index (χ1v) is 5.66. The van der Waals surface area contributed by atoms with Crippen molar-refractivity contribution in [1.29, 1.82) is 0 Å². The maximum Gasteiger partial charge on any atom is 0.314 e. The molecule has 1 aromatic rings. The minimum atomic E-state index is -0.856. The number of benzene rings is 1. The van der Waals surface area contributed by atoms with Crippen LogP contribution in [-0.4, -0.2) is 16.2 Å². The molecule has 1 aliphatic rings. The molecule has 0 heterocycles. The monoisotopic (exact) mass is 240 g/mol. The number of phenols is 1. The Kier molecular flexibility index (Phi) is 2.80. The molecule has 0 unspecified atom stereocenters. The van der Waals surface area contributed by atoms with Crippen LogP contribution in [0.4, 0.5) is 0 Å². The molecule has 2 N–H and O–H groups in total. The summed E-state index contributed by atoms with van der Waals surface area (Å²) in [5.74, 6) is -0.759. The number of carboxylic acid groups (broad SMARTS) is 1. The second kappa shape index (κ2) is 3.98. The molecule has 1 aliphatic carbocycles. The van der Waals surface area contributed by atoms with Crippen molar-refractivity contribution in [1.82, 2.24) is 0 Å². The van der Waals surface area contributed by atoms with E-state index in [0.717, 1.165) is 12.8 Å². The molecule has 1 saturated carbocycles. The zero-order chi connectivity index (χ0) is 11.8. The number of carboxylic acids is 1. The average Bonchev–Trinajstić information content (AvgIpc) is 2.67. The number of phenolic OH excluding ortho intramolecular Hbond substituents is 1. The van der Waals surface area contributed by atoms with Gasteiger partial charge in [-0.25, -0.2) is 0 Å². The van der Waals surface area contributed by atoms with E-state index in [1.165, 1.54) is 12.1 Å². The summed E-state index contributed by atoms with van der Waals surface area (Å²) in [6.45, 7) is 0. The number of hydrogen-bond donors (Lipinski definition) is 2. The summed E-state index contributed by atoms with van der Waals surface area (Å²) in [6.07, 6.45) is 3.05. The molecule has 0 saturated heterocycles. The summed E-state index contributed by atoms with van der Waals surface area (Å²) >= 11 is 6.02. The largest absolute Gasteiger partial charge is 0.508 e. The molecule has 0 atom stereocenters. The van der Waals surface area contributed by atoms with E-state index in [1.54, 1.807) is 6.07 Å². The van der Waals surface area contributed by atoms with Gasteiger partial charge in [0.05, 0.1) is 5.41 Å². The van der Waals surface area contributed by atoms with Crippen LogP contribution in [0.5, 0.6) is 5.75 Å². The molecule has 2 rings (SSSR count). The highest BCUT2D eigenvalue weighted by Gasteiger charge is 2.44. The van der Waals surface area contributed by atoms with E-state index < -0.39 is 11.4 Å². The first-order chi connectivity index (χ1) is 7.56. The van der Waals surface area contributed by atoms with Gasteiger partial charge in [0.15, 0.2) is 0 Å². The summed E-state index contributed by atoms with van der Waals surface area (Å²) in [5.41, 5.74) is -0.234. The molecule has 0 aliphatic heterocycles. The summed E-state index contributed by atoms with van der Waals surface area (Å²) in [6, 6.07) is 4.52. The van der Waals surface area contributed by atoms with E-state index in [1.807, 2.05) is 0 Å². The number of hydrogen-bond acceptors (Lipinski definition) is 2. The predicted molar refractivity (Wildman–Crippen MR) is 60.9 cm³/mol. The van der Waals surface area contributed by atoms with Gasteiger partial charge in [0.1, 0.15) is 5.75 Å². The molecule has 0 aromatic heterocycles. The van der Waals surface area contributed by atoms with Crippen LogP contribution in [0.2, 0.25) is 5.02 Å². The summed E-state index contributed by atoms with van der Waals surface area (Å²) in [5, 5.41) is 19.0. The zero-order valence-electron chi connectivity index (χ0n) is 8.74. The molecule has 0 amide bonds. The Morgan fingerprint density at radius 1 is 1.31 bits per heavy atom. The third-order valence-electron chi connectivity index (χ3n) is 3.33. The third-order valence-corrected chi connectivity index (χ3v) is 3.65. The maximum atomic E-state index is 11.4. The van der Waals surface area contributed by atoms with Crippen molar-refractivity contribution in [2.45, 2.75) is 31.1 Å². The quantitative estimate of drug-likeness (QED) is 0.836. The SMILES string of the molecule is O=C(O)C1(c2ccc(O)cc2Cl)CCCC1. The second-order valence-corrected chi connectivity index (χ2v) is 4.67. The van der Waals surface area contributed by atoms with Crippen LogP contribution >= 0.6 is 11.6 Å². The molecular formula is C12H13ClO3. The number of rotatable bonds is 2. The minimum Gasteiger partial charge on any atom is -0.508 e. The van der Waals surface area contributed by atoms with Gasteiger partial charge in [-0.1, -0.05) is 30.5 Å². The van der Waals surface area contributed by atoms with Gasteiger partial charge >= 0.3 is 5.97 Å². The molecular weight excluding hydrogens is 228 g/mol. The lowest BCUT2D eigenvalue weighted by atomic mass is 9.79. The van der Waals surface area contributed by atoms with Crippen LogP contribution in [0.3, 0.4) is 0 Å². The zero-order valence-corrected chi connectivity index (χ0v) is 9.50. The lowest BCUT2D eigenvalue weighted by Gasteiger charge is -2.25. The Morgan fingerprint density at radius 3 is 2.44 bits per heavy atom. The fraction of sp³-hybridized carbons (Fsp3) is 0.417. The van der Waals surface area contributed by atoms with Crippen molar-refractivity contribution >= 4 is 17.6 Å². The number of halogens is 1. The Balaban J connectivity index is 2.51. The van der Waals surface area contributed by atoms with E-state index >= 15 is 0 Å². The van der Waals surface area contributed by atoms with Crippen molar-refractivity contribution in [3.63, 3.8) is 0 Å². The van der Waals surface area contributed by atoms with Gasteiger partial charge in [-0.05, 0) is 30.5 Å². The standard InChI is InChI=1S/C12H13ClO3/c13-10-7-8(14)3-4-9(10)12(11(15)16)5-1-2-6-12/h3-4,7,14H,1-2,5-6H2,(H,15,16). The Labute approximate surface area is 98.7 Å². The van der Waals surface area contributed by atoms with Gasteiger partial charge in [0.2, 0.25) is 0 Å². The Bertz CT molecular complexity index is 422. The maximum absolute atomic E-state index is 11.4. The summed E-state index contributed by atoms with van der Waals surface area (Å²) < 4.78 is 0. The molecule has 86 valence electrons. The highest BCUT2D eigenvalue weighted by Crippen LogP contribution is 2.44. The Hall–Kier alpha value is -1.22. The number of carbonyl (C=O) groups is 1. The summed E-state index contributed by atoms with van der Waals surface area (Å²) in [7, 11) is 0. The van der Waals surface area contributed by atoms with Gasteiger partial charge in [0.25, 0.3) is 0 Å². The van der Waals surface area contributed by atoms with Crippen molar-refractivity contribution in [2.24, 2.45) is 0 Å². The molecule has 0 radical (unpaired) electrons. The smallest absolute Gasteiger partial charge is 0.314 e. The van der Waals surface area contributed by atoms with Crippen LogP contribution in [0.1, 0.15) is 31.2 Å². The van der Waals surface area contributed by atoms with Crippen molar-refractivity contribution in [3.05, 3.63) is 28.8 Å². The van der Waals surface area contributed by atoms with Crippen LogP contribution in [-0.2, 0) is 10.2 Å². The van der Waals surface area contributed by atoms with Crippen molar-refractivity contribution in [2.75, 3.05) is 0 Å². The van der Waals surface area contributed by atoms with Gasteiger partial charge < -0.3 is 10.2 Å². The topological polar surface area (TPSA) is 57.5 Å². The van der Waals surface area contributed by atoms with Gasteiger partial charge in [-0.2, -0.15) is 0 Å². The number of aliphatic carboxylic acids is 1. The van der Waals surface area contributed by atoms with Gasteiger partial charge in [-0.3, -0.25) is 4.79 Å². The molecule has 0 bridgehead atoms. The van der Waals surface area contributed by atoms with Crippen LogP contribution in [0, 0.1) is 0 Å². The lowest BCUT2D eigenvalue weighted by molar-refractivity contribution is -0.143. The molecule has 4 heteroatoms. The van der Waals surface area contributed by atoms with E-state index in [9.17, 15) is 15.0 Å². The van der Waals surface area contributed by atoms with E-state index in [0.29, 0.717) is 23.4 Å². The molecule has 1 aromatic carbocycles. The average molecular weight is 241 g/mol. The fourth-order valence-corrected chi connectivity index (χ4v) is 2.82. The highest BCUT2D eigenvalue weighted by molar-refractivity contribution is 6.31. The summed E-state index contributed by atoms with van der Waals surface area (Å²) in [4.78, 5) is 11.4. The molecule has 3 nitrogen and oxygen atoms in total.